The highest BCUT2D eigenvalue weighted by Gasteiger charge is 2.17. The molecule has 2 N–H and O–H groups in total. The predicted octanol–water partition coefficient (Wildman–Crippen LogP) is 3.91. The molecule has 2 atom stereocenters. The van der Waals surface area contributed by atoms with E-state index in [1.54, 1.807) is 7.11 Å². The van der Waals surface area contributed by atoms with Gasteiger partial charge < -0.3 is 10.5 Å². The van der Waals surface area contributed by atoms with E-state index in [1.807, 2.05) is 12.1 Å². The fourth-order valence-corrected chi connectivity index (χ4v) is 2.20. The number of hydrogen-bond acceptors (Lipinski definition) is 2. The van der Waals surface area contributed by atoms with Crippen LogP contribution in [0.2, 0.25) is 0 Å². The summed E-state index contributed by atoms with van der Waals surface area (Å²) in [7, 11) is 1.69. The molecule has 0 aliphatic heterocycles. The van der Waals surface area contributed by atoms with Crippen LogP contribution in [-0.2, 0) is 0 Å². The van der Waals surface area contributed by atoms with Crippen LogP contribution in [0.15, 0.2) is 24.3 Å². The van der Waals surface area contributed by atoms with Crippen LogP contribution in [0.1, 0.15) is 51.1 Å². The van der Waals surface area contributed by atoms with Crippen molar-refractivity contribution in [3.8, 4) is 5.75 Å². The maximum atomic E-state index is 6.34. The molecule has 0 spiro atoms. The van der Waals surface area contributed by atoms with Crippen molar-refractivity contribution < 1.29 is 4.74 Å². The first-order valence-corrected chi connectivity index (χ1v) is 6.62. The number of nitrogens with two attached hydrogens (primary N) is 1. The number of rotatable bonds is 7. The Labute approximate surface area is 105 Å². The van der Waals surface area contributed by atoms with Gasteiger partial charge in [0.15, 0.2) is 0 Å². The highest BCUT2D eigenvalue weighted by atomic mass is 16.5. The second-order valence-corrected chi connectivity index (χ2v) is 4.61. The molecule has 0 fully saturated rings. The summed E-state index contributed by atoms with van der Waals surface area (Å²) in [5, 5.41) is 0. The fraction of sp³-hybridized carbons (Fsp3) is 0.600. The summed E-state index contributed by atoms with van der Waals surface area (Å²) < 4.78 is 5.16. The lowest BCUT2D eigenvalue weighted by Crippen LogP contribution is -2.21. The van der Waals surface area contributed by atoms with Crippen molar-refractivity contribution in [2.45, 2.75) is 45.6 Å². The topological polar surface area (TPSA) is 35.2 Å². The van der Waals surface area contributed by atoms with Gasteiger partial charge in [0, 0.05) is 6.04 Å². The maximum absolute atomic E-state index is 6.34. The molecule has 17 heavy (non-hydrogen) atoms. The summed E-state index contributed by atoms with van der Waals surface area (Å²) >= 11 is 0. The Morgan fingerprint density at radius 2 is 1.82 bits per heavy atom. The van der Waals surface area contributed by atoms with Crippen LogP contribution in [-0.4, -0.2) is 7.11 Å². The molecule has 0 aliphatic carbocycles. The Balaban J connectivity index is 2.67. The molecule has 1 aromatic rings. The van der Waals surface area contributed by atoms with E-state index < -0.39 is 0 Å². The fourth-order valence-electron chi connectivity index (χ4n) is 2.20. The molecule has 96 valence electrons. The van der Waals surface area contributed by atoms with Gasteiger partial charge in [0.1, 0.15) is 5.75 Å². The molecule has 2 unspecified atom stereocenters. The third-order valence-electron chi connectivity index (χ3n) is 3.46. The monoisotopic (exact) mass is 235 g/mol. The van der Waals surface area contributed by atoms with E-state index >= 15 is 0 Å². The summed E-state index contributed by atoms with van der Waals surface area (Å²) in [6.45, 7) is 4.45. The van der Waals surface area contributed by atoms with E-state index in [1.165, 1.54) is 24.8 Å². The first-order valence-electron chi connectivity index (χ1n) is 6.62. The van der Waals surface area contributed by atoms with Gasteiger partial charge in [-0.1, -0.05) is 45.2 Å². The zero-order valence-corrected chi connectivity index (χ0v) is 11.3. The minimum Gasteiger partial charge on any atom is -0.497 e. The molecule has 2 nitrogen and oxygen atoms in total. The Morgan fingerprint density at radius 1 is 1.18 bits per heavy atom. The Kier molecular flexibility index (Phi) is 6.06. The standard InChI is InChI=1S/C15H25NO/c1-4-6-7-12(5-2)15(16)13-8-10-14(17-3)11-9-13/h8-12,15H,4-7,16H2,1-3H3. The van der Waals surface area contributed by atoms with E-state index in [9.17, 15) is 0 Å². The van der Waals surface area contributed by atoms with Gasteiger partial charge in [-0.05, 0) is 30.0 Å². The number of unbranched alkanes of at least 4 members (excludes halogenated alkanes) is 1. The van der Waals surface area contributed by atoms with E-state index in [0.717, 1.165) is 12.2 Å². The SMILES string of the molecule is CCCCC(CC)C(N)c1ccc(OC)cc1. The quantitative estimate of drug-likeness (QED) is 0.777. The van der Waals surface area contributed by atoms with Gasteiger partial charge in [0.05, 0.1) is 7.11 Å². The molecule has 0 saturated heterocycles. The Morgan fingerprint density at radius 3 is 2.29 bits per heavy atom. The van der Waals surface area contributed by atoms with E-state index in [2.05, 4.69) is 26.0 Å². The molecule has 1 aromatic carbocycles. The summed E-state index contributed by atoms with van der Waals surface area (Å²) in [5.41, 5.74) is 7.56. The Bertz CT molecular complexity index is 307. The van der Waals surface area contributed by atoms with Crippen LogP contribution in [0, 0.1) is 5.92 Å². The number of methoxy groups -OCH3 is 1. The minimum atomic E-state index is 0.150. The lowest BCUT2D eigenvalue weighted by molar-refractivity contribution is 0.377. The number of hydrogen-bond donors (Lipinski definition) is 1. The Hall–Kier alpha value is -1.02. The van der Waals surface area contributed by atoms with E-state index in [0.29, 0.717) is 5.92 Å². The van der Waals surface area contributed by atoms with Gasteiger partial charge in [-0.2, -0.15) is 0 Å². The highest BCUT2D eigenvalue weighted by molar-refractivity contribution is 5.29. The van der Waals surface area contributed by atoms with E-state index in [-0.39, 0.29) is 6.04 Å². The summed E-state index contributed by atoms with van der Waals surface area (Å²) in [6.07, 6.45) is 4.88. The highest BCUT2D eigenvalue weighted by Crippen LogP contribution is 2.27. The largest absolute Gasteiger partial charge is 0.497 e. The van der Waals surface area contributed by atoms with Crippen LogP contribution in [0.3, 0.4) is 0 Å². The normalized spacial score (nSPS) is 14.4. The van der Waals surface area contributed by atoms with Crippen molar-refractivity contribution in [2.24, 2.45) is 11.7 Å². The molecule has 0 saturated carbocycles. The lowest BCUT2D eigenvalue weighted by atomic mass is 9.87. The second kappa shape index (κ2) is 7.33. The number of benzene rings is 1. The lowest BCUT2D eigenvalue weighted by Gasteiger charge is -2.23. The van der Waals surface area contributed by atoms with Crippen molar-refractivity contribution in [3.05, 3.63) is 29.8 Å². The minimum absolute atomic E-state index is 0.150. The molecule has 0 heterocycles. The third kappa shape index (κ3) is 4.04. The molecule has 0 aromatic heterocycles. The maximum Gasteiger partial charge on any atom is 0.118 e. The number of ether oxygens (including phenoxy) is 1. The van der Waals surface area contributed by atoms with Crippen molar-refractivity contribution in [2.75, 3.05) is 7.11 Å². The van der Waals surface area contributed by atoms with Gasteiger partial charge in [-0.25, -0.2) is 0 Å². The molecule has 2 heteroatoms. The van der Waals surface area contributed by atoms with Crippen molar-refractivity contribution >= 4 is 0 Å². The van der Waals surface area contributed by atoms with Crippen LogP contribution in [0.4, 0.5) is 0 Å². The second-order valence-electron chi connectivity index (χ2n) is 4.61. The third-order valence-corrected chi connectivity index (χ3v) is 3.46. The average Bonchev–Trinajstić information content (AvgIpc) is 2.39. The van der Waals surface area contributed by atoms with Crippen molar-refractivity contribution in [1.82, 2.24) is 0 Å². The van der Waals surface area contributed by atoms with Gasteiger partial charge in [0.2, 0.25) is 0 Å². The molecule has 0 amide bonds. The zero-order valence-electron chi connectivity index (χ0n) is 11.3. The van der Waals surface area contributed by atoms with Crippen LogP contribution in [0.25, 0.3) is 0 Å². The van der Waals surface area contributed by atoms with Gasteiger partial charge in [-0.15, -0.1) is 0 Å². The molecular weight excluding hydrogens is 210 g/mol. The molecule has 0 radical (unpaired) electrons. The first-order chi connectivity index (χ1) is 8.22. The van der Waals surface area contributed by atoms with Crippen LogP contribution in [0.5, 0.6) is 5.75 Å². The van der Waals surface area contributed by atoms with Crippen LogP contribution >= 0.6 is 0 Å². The van der Waals surface area contributed by atoms with Crippen molar-refractivity contribution in [3.63, 3.8) is 0 Å². The van der Waals surface area contributed by atoms with Gasteiger partial charge in [0.25, 0.3) is 0 Å². The summed E-state index contributed by atoms with van der Waals surface area (Å²) in [5.74, 6) is 1.48. The molecule has 0 bridgehead atoms. The first kappa shape index (κ1) is 14.0. The van der Waals surface area contributed by atoms with Gasteiger partial charge >= 0.3 is 0 Å². The molecule has 0 aliphatic rings. The summed E-state index contributed by atoms with van der Waals surface area (Å²) in [4.78, 5) is 0. The van der Waals surface area contributed by atoms with Gasteiger partial charge in [-0.3, -0.25) is 0 Å². The molecular formula is C15H25NO. The average molecular weight is 235 g/mol. The summed E-state index contributed by atoms with van der Waals surface area (Å²) in [6, 6.07) is 8.29. The van der Waals surface area contributed by atoms with Crippen molar-refractivity contribution in [1.29, 1.82) is 0 Å². The van der Waals surface area contributed by atoms with Crippen LogP contribution < -0.4 is 10.5 Å². The van der Waals surface area contributed by atoms with E-state index in [4.69, 9.17) is 10.5 Å². The smallest absolute Gasteiger partial charge is 0.118 e. The molecule has 1 rings (SSSR count). The zero-order chi connectivity index (χ0) is 12.7. The predicted molar refractivity (Wildman–Crippen MR) is 73.2 cm³/mol.